The van der Waals surface area contributed by atoms with Crippen LogP contribution in [0.2, 0.25) is 0 Å². The van der Waals surface area contributed by atoms with Crippen LogP contribution < -0.4 is 17.1 Å². The Kier molecular flexibility index (Phi) is 17.4. The third kappa shape index (κ3) is 13.1. The summed E-state index contributed by atoms with van der Waals surface area (Å²) in [6.07, 6.45) is 0. The average Bonchev–Trinajstić information content (AvgIpc) is 2.90. The Balaban J connectivity index is 3.03. The van der Waals surface area contributed by atoms with Gasteiger partial charge in [-0.25, -0.2) is 28.1 Å². The van der Waals surface area contributed by atoms with Crippen molar-refractivity contribution in [3.05, 3.63) is 31.5 Å². The van der Waals surface area contributed by atoms with E-state index in [1.165, 1.54) is 0 Å². The van der Waals surface area contributed by atoms with Crippen molar-refractivity contribution in [2.45, 2.75) is 19.6 Å². The van der Waals surface area contributed by atoms with Crippen molar-refractivity contribution in [3.63, 3.8) is 0 Å². The van der Waals surface area contributed by atoms with E-state index >= 15 is 0 Å². The first-order valence-electron chi connectivity index (χ1n) is 10.2. The molecular formula is C18H18N6O9S6. The summed E-state index contributed by atoms with van der Waals surface area (Å²) in [5, 5.41) is 24.6. The van der Waals surface area contributed by atoms with Crippen molar-refractivity contribution in [2.75, 3.05) is 37.1 Å². The minimum absolute atomic E-state index is 0.000253. The molecule has 0 N–H and O–H groups in total. The highest BCUT2D eigenvalue weighted by molar-refractivity contribution is 7.96. The van der Waals surface area contributed by atoms with Gasteiger partial charge in [-0.2, -0.15) is 15.8 Å². The summed E-state index contributed by atoms with van der Waals surface area (Å²) in [4.78, 5) is 38.9. The van der Waals surface area contributed by atoms with Crippen molar-refractivity contribution >= 4 is 88.5 Å². The van der Waals surface area contributed by atoms with Crippen molar-refractivity contribution in [1.82, 2.24) is 13.7 Å². The Hall–Kier alpha value is -3.00. The molecule has 1 rings (SSSR count). The first-order chi connectivity index (χ1) is 18.8. The molecule has 39 heavy (non-hydrogen) atoms. The molecule has 0 aliphatic rings. The summed E-state index contributed by atoms with van der Waals surface area (Å²) < 4.78 is 32.4. The topological polar surface area (TPSA) is 193 Å². The van der Waals surface area contributed by atoms with Crippen molar-refractivity contribution < 1.29 is 26.8 Å². The van der Waals surface area contributed by atoms with Gasteiger partial charge in [0.25, 0.3) is 0 Å². The molecule has 0 unspecified atom stereocenters. The van der Waals surface area contributed by atoms with Crippen LogP contribution in [-0.4, -0.2) is 66.5 Å². The second-order valence-electron chi connectivity index (χ2n) is 6.11. The monoisotopic (exact) mass is 654 g/mol. The fourth-order valence-corrected chi connectivity index (χ4v) is 3.75. The molecule has 0 aliphatic heterocycles. The number of thiocarbonyl (C=S) groups is 3. The molecule has 0 amide bonds. The van der Waals surface area contributed by atoms with Crippen LogP contribution in [0.5, 0.6) is 0 Å². The zero-order valence-corrected chi connectivity index (χ0v) is 24.6. The molecule has 15 nitrogen and oxygen atoms in total. The maximum atomic E-state index is 13.0. The Bertz CT molecular complexity index is 1120. The van der Waals surface area contributed by atoms with Gasteiger partial charge in [0.2, 0.25) is 0 Å². The zero-order valence-electron chi connectivity index (χ0n) is 19.7. The highest BCUT2D eigenvalue weighted by Crippen LogP contribution is 2.05. The van der Waals surface area contributed by atoms with Crippen LogP contribution in [0.15, 0.2) is 14.4 Å². The highest BCUT2D eigenvalue weighted by atomic mass is 32.2. The quantitative estimate of drug-likeness (QED) is 0.145. The maximum absolute atomic E-state index is 13.0. The summed E-state index contributed by atoms with van der Waals surface area (Å²) >= 11 is 16.8. The van der Waals surface area contributed by atoms with Crippen molar-refractivity contribution in [3.8, 4) is 18.2 Å². The lowest BCUT2D eigenvalue weighted by atomic mass is 10.5. The summed E-state index contributed by atoms with van der Waals surface area (Å²) in [6, 6.07) is 5.49. The molecule has 210 valence electrons. The predicted molar refractivity (Wildman–Crippen MR) is 152 cm³/mol. The minimum atomic E-state index is -0.961. The number of ether oxygens (including phenoxy) is 3. The zero-order chi connectivity index (χ0) is 29.0. The third-order valence-electron chi connectivity index (χ3n) is 3.74. The average molecular weight is 655 g/mol. The van der Waals surface area contributed by atoms with Gasteiger partial charge in [-0.3, -0.25) is 0 Å². The Morgan fingerprint density at radius 2 is 0.846 bits per heavy atom. The van der Waals surface area contributed by atoms with Crippen LogP contribution >= 0.6 is 72.8 Å². The molecule has 0 atom stereocenters. The lowest BCUT2D eigenvalue weighted by molar-refractivity contribution is 0.218. The van der Waals surface area contributed by atoms with Gasteiger partial charge in [-0.05, 0) is 0 Å². The van der Waals surface area contributed by atoms with E-state index in [0.29, 0.717) is 0 Å². The molecule has 1 heterocycles. The fourth-order valence-electron chi connectivity index (χ4n) is 2.30. The van der Waals surface area contributed by atoms with Gasteiger partial charge in [0.1, 0.15) is 37.1 Å². The minimum Gasteiger partial charge on any atom is -0.454 e. The predicted octanol–water partition coefficient (Wildman–Crippen LogP) is 0.641. The van der Waals surface area contributed by atoms with Gasteiger partial charge in [0.05, 0.1) is 74.0 Å². The van der Waals surface area contributed by atoms with E-state index in [9.17, 15) is 14.4 Å². The van der Waals surface area contributed by atoms with Crippen LogP contribution in [0.25, 0.3) is 0 Å². The molecule has 0 spiro atoms. The second kappa shape index (κ2) is 20.0. The largest absolute Gasteiger partial charge is 0.454 e. The molecule has 0 aliphatic carbocycles. The Morgan fingerprint density at radius 1 is 0.590 bits per heavy atom. The van der Waals surface area contributed by atoms with E-state index in [-0.39, 0.29) is 72.4 Å². The standard InChI is InChI=1S/C18H18N6O9S6/c19-1-10-37-31-16(34)28-7-4-22-13(25)23(5-8-29-17(35)32-38-11-2-20)15(27)24(14(22)26)6-9-30-18(36)33-39-12-3-21/h4-12H2. The van der Waals surface area contributed by atoms with Crippen LogP contribution in [-0.2, 0) is 46.4 Å². The fraction of sp³-hybridized carbons (Fsp3) is 0.500. The molecule has 21 heteroatoms. The normalized spacial score (nSPS) is 9.77. The van der Waals surface area contributed by atoms with Gasteiger partial charge in [-0.15, -0.1) is 0 Å². The molecule has 0 aromatic carbocycles. The van der Waals surface area contributed by atoms with Gasteiger partial charge in [0.15, 0.2) is 0 Å². The Morgan fingerprint density at radius 3 is 1.08 bits per heavy atom. The van der Waals surface area contributed by atoms with E-state index in [4.69, 9.17) is 79.2 Å². The van der Waals surface area contributed by atoms with Gasteiger partial charge in [0, 0.05) is 36.7 Å². The lowest BCUT2D eigenvalue weighted by Gasteiger charge is -2.15. The van der Waals surface area contributed by atoms with E-state index in [1.807, 2.05) is 18.2 Å². The molecule has 1 aromatic heterocycles. The van der Waals surface area contributed by atoms with Gasteiger partial charge < -0.3 is 26.8 Å². The van der Waals surface area contributed by atoms with E-state index < -0.39 is 17.1 Å². The molecule has 0 saturated carbocycles. The van der Waals surface area contributed by atoms with E-state index in [0.717, 1.165) is 49.8 Å². The number of hydrogen-bond donors (Lipinski definition) is 0. The third-order valence-corrected chi connectivity index (χ3v) is 6.21. The summed E-state index contributed by atoms with van der Waals surface area (Å²) in [7, 11) is 0. The van der Waals surface area contributed by atoms with Crippen LogP contribution in [0.4, 0.5) is 0 Å². The number of nitriles is 3. The van der Waals surface area contributed by atoms with Crippen molar-refractivity contribution in [2.24, 2.45) is 0 Å². The van der Waals surface area contributed by atoms with Crippen molar-refractivity contribution in [1.29, 1.82) is 15.8 Å². The molecular weight excluding hydrogens is 637 g/mol. The highest BCUT2D eigenvalue weighted by Gasteiger charge is 2.17. The van der Waals surface area contributed by atoms with Crippen LogP contribution in [0.1, 0.15) is 0 Å². The van der Waals surface area contributed by atoms with Gasteiger partial charge >= 0.3 is 32.8 Å². The smallest absolute Gasteiger partial charge is 0.364 e. The summed E-state index contributed by atoms with van der Waals surface area (Å²) in [5.41, 5.74) is -2.88. The first-order valence-corrected chi connectivity index (χ1v) is 14.2. The molecule has 0 radical (unpaired) electrons. The summed E-state index contributed by atoms with van der Waals surface area (Å²) in [6.45, 7) is -1.75. The lowest BCUT2D eigenvalue weighted by Crippen LogP contribution is -2.55. The Labute approximate surface area is 250 Å². The first kappa shape index (κ1) is 34.0. The van der Waals surface area contributed by atoms with E-state index in [2.05, 4.69) is 0 Å². The van der Waals surface area contributed by atoms with Crippen LogP contribution in [0.3, 0.4) is 0 Å². The molecule has 1 aromatic rings. The van der Waals surface area contributed by atoms with E-state index in [1.54, 1.807) is 0 Å². The van der Waals surface area contributed by atoms with Crippen LogP contribution in [0, 0.1) is 34.0 Å². The number of rotatable bonds is 15. The van der Waals surface area contributed by atoms with Gasteiger partial charge in [-0.1, -0.05) is 0 Å². The number of hydrogen-bond acceptors (Lipinski definition) is 18. The molecule has 0 fully saturated rings. The summed E-state index contributed by atoms with van der Waals surface area (Å²) in [5.74, 6) is -0.000758. The maximum Gasteiger partial charge on any atom is 0.364 e. The SMILES string of the molecule is N#CCSOC(=S)OCCn1c(=O)n(CCOC(=S)OSCC#N)c(=O)n(CCOC(=S)OSCC#N)c1=O. The number of aromatic nitrogens is 3. The molecule has 0 saturated heterocycles. The second-order valence-corrected chi connectivity index (χ2v) is 9.18. The molecule has 0 bridgehead atoms. The number of nitrogens with zero attached hydrogens (tertiary/aromatic N) is 6.